The number of hydrogen-bond acceptors (Lipinski definition) is 2. The lowest BCUT2D eigenvalue weighted by atomic mass is 10.0. The van der Waals surface area contributed by atoms with Crippen molar-refractivity contribution in [1.29, 1.82) is 0 Å². The van der Waals surface area contributed by atoms with Crippen molar-refractivity contribution < 1.29 is 0 Å². The maximum atomic E-state index is 5.28. The highest BCUT2D eigenvalue weighted by molar-refractivity contribution is 7.26. The molecule has 0 radical (unpaired) electrons. The van der Waals surface area contributed by atoms with Crippen LogP contribution in [-0.4, -0.2) is 9.55 Å². The zero-order valence-electron chi connectivity index (χ0n) is 21.5. The van der Waals surface area contributed by atoms with Crippen molar-refractivity contribution in [2.24, 2.45) is 0 Å². The van der Waals surface area contributed by atoms with Crippen LogP contribution in [0.15, 0.2) is 133 Å². The molecule has 6 aromatic carbocycles. The number of benzene rings is 6. The van der Waals surface area contributed by atoms with Gasteiger partial charge in [0.05, 0.1) is 22.2 Å². The van der Waals surface area contributed by atoms with Gasteiger partial charge in [-0.15, -0.1) is 11.3 Å². The molecule has 0 amide bonds. The summed E-state index contributed by atoms with van der Waals surface area (Å²) < 4.78 is 5.04. The number of pyridine rings is 1. The van der Waals surface area contributed by atoms with Crippen LogP contribution in [0.25, 0.3) is 80.6 Å². The minimum atomic E-state index is 0.993. The van der Waals surface area contributed by atoms with Gasteiger partial charge in [-0.05, 0) is 76.1 Å². The smallest absolute Gasteiger partial charge is 0.0971 e. The van der Waals surface area contributed by atoms with Crippen LogP contribution in [0.2, 0.25) is 0 Å². The van der Waals surface area contributed by atoms with Gasteiger partial charge in [-0.1, -0.05) is 78.9 Å². The third-order valence-corrected chi connectivity index (χ3v) is 9.26. The first-order valence-electron chi connectivity index (χ1n) is 13.6. The SMILES string of the molecule is c1ccc(-c2ccc3c(n2)c2ccc4sc5ccccc5c4c2n3-c2ccc3cc4ccccc4cc3c2)cc1. The first-order chi connectivity index (χ1) is 19.8. The van der Waals surface area contributed by atoms with Crippen LogP contribution >= 0.6 is 11.3 Å². The Balaban J connectivity index is 1.42. The van der Waals surface area contributed by atoms with Gasteiger partial charge < -0.3 is 4.57 Å². The Kier molecular flexibility index (Phi) is 4.52. The second kappa shape index (κ2) is 8.25. The Morgan fingerprint density at radius 1 is 0.525 bits per heavy atom. The van der Waals surface area contributed by atoms with Crippen molar-refractivity contribution in [3.05, 3.63) is 133 Å². The van der Waals surface area contributed by atoms with Crippen LogP contribution in [-0.2, 0) is 0 Å². The van der Waals surface area contributed by atoms with Gasteiger partial charge in [0.2, 0.25) is 0 Å². The van der Waals surface area contributed by atoms with Gasteiger partial charge in [-0.2, -0.15) is 0 Å². The highest BCUT2D eigenvalue weighted by atomic mass is 32.1. The van der Waals surface area contributed by atoms with E-state index in [1.54, 1.807) is 0 Å². The average molecular weight is 527 g/mol. The third kappa shape index (κ3) is 3.13. The second-order valence-electron chi connectivity index (χ2n) is 10.4. The van der Waals surface area contributed by atoms with Crippen LogP contribution in [0.1, 0.15) is 0 Å². The van der Waals surface area contributed by atoms with Crippen LogP contribution in [0.3, 0.4) is 0 Å². The zero-order chi connectivity index (χ0) is 26.2. The highest BCUT2D eigenvalue weighted by Crippen LogP contribution is 2.43. The van der Waals surface area contributed by atoms with E-state index < -0.39 is 0 Å². The minimum Gasteiger partial charge on any atom is -0.307 e. The number of rotatable bonds is 2. The molecule has 0 aliphatic heterocycles. The fourth-order valence-electron chi connectivity index (χ4n) is 6.28. The van der Waals surface area contributed by atoms with Gasteiger partial charge in [0.1, 0.15) is 0 Å². The van der Waals surface area contributed by atoms with E-state index in [1.807, 2.05) is 11.3 Å². The summed E-state index contributed by atoms with van der Waals surface area (Å²) in [7, 11) is 0. The first-order valence-corrected chi connectivity index (χ1v) is 14.4. The van der Waals surface area contributed by atoms with Gasteiger partial charge in [0.25, 0.3) is 0 Å². The number of thiophene rings is 1. The minimum absolute atomic E-state index is 0.993. The predicted octanol–water partition coefficient (Wildman–Crippen LogP) is 10.5. The summed E-state index contributed by atoms with van der Waals surface area (Å²) >= 11 is 1.86. The fourth-order valence-corrected chi connectivity index (χ4v) is 7.39. The molecular formula is C37H22N2S. The Hall–Kier alpha value is -4.99. The van der Waals surface area contributed by atoms with Gasteiger partial charge in [-0.3, -0.25) is 0 Å². The average Bonchev–Trinajstić information content (AvgIpc) is 3.55. The topological polar surface area (TPSA) is 17.8 Å². The van der Waals surface area contributed by atoms with E-state index in [9.17, 15) is 0 Å². The molecule has 0 aliphatic carbocycles. The summed E-state index contributed by atoms with van der Waals surface area (Å²) in [6.45, 7) is 0. The highest BCUT2D eigenvalue weighted by Gasteiger charge is 2.19. The van der Waals surface area contributed by atoms with Crippen molar-refractivity contribution in [2.45, 2.75) is 0 Å². The van der Waals surface area contributed by atoms with Crippen LogP contribution in [0.5, 0.6) is 0 Å². The molecule has 186 valence electrons. The summed E-state index contributed by atoms with van der Waals surface area (Å²) in [6.07, 6.45) is 0. The molecule has 3 heterocycles. The van der Waals surface area contributed by atoms with Crippen molar-refractivity contribution in [2.75, 3.05) is 0 Å². The Labute approximate surface area is 234 Å². The molecule has 0 N–H and O–H groups in total. The molecule has 0 saturated carbocycles. The molecule has 2 nitrogen and oxygen atoms in total. The van der Waals surface area contributed by atoms with E-state index in [1.165, 1.54) is 52.6 Å². The predicted molar refractivity (Wildman–Crippen MR) is 172 cm³/mol. The zero-order valence-corrected chi connectivity index (χ0v) is 22.3. The summed E-state index contributed by atoms with van der Waals surface area (Å²) in [5, 5.41) is 8.80. The lowest BCUT2D eigenvalue weighted by Crippen LogP contribution is -1.95. The van der Waals surface area contributed by atoms with Crippen LogP contribution in [0, 0.1) is 0 Å². The number of nitrogens with zero attached hydrogens (tertiary/aromatic N) is 2. The lowest BCUT2D eigenvalue weighted by Gasteiger charge is -2.11. The van der Waals surface area contributed by atoms with E-state index >= 15 is 0 Å². The molecule has 40 heavy (non-hydrogen) atoms. The number of hydrogen-bond donors (Lipinski definition) is 0. The molecular weight excluding hydrogens is 504 g/mol. The Morgan fingerprint density at radius 2 is 1.27 bits per heavy atom. The molecule has 9 rings (SSSR count). The Bertz CT molecular complexity index is 2430. The first kappa shape index (κ1) is 21.9. The lowest BCUT2D eigenvalue weighted by molar-refractivity contribution is 1.19. The molecule has 0 fully saturated rings. The van der Waals surface area contributed by atoms with Crippen molar-refractivity contribution in [3.63, 3.8) is 0 Å². The van der Waals surface area contributed by atoms with Crippen LogP contribution < -0.4 is 0 Å². The van der Waals surface area contributed by atoms with Crippen molar-refractivity contribution in [1.82, 2.24) is 9.55 Å². The van der Waals surface area contributed by atoms with Gasteiger partial charge in [0.15, 0.2) is 0 Å². The molecule has 9 aromatic rings. The molecule has 0 spiro atoms. The van der Waals surface area contributed by atoms with Crippen molar-refractivity contribution in [3.8, 4) is 16.9 Å². The monoisotopic (exact) mass is 526 g/mol. The maximum absolute atomic E-state index is 5.28. The molecule has 0 bridgehead atoms. The summed E-state index contributed by atoms with van der Waals surface area (Å²) in [5.41, 5.74) is 6.66. The largest absolute Gasteiger partial charge is 0.307 e. The van der Waals surface area contributed by atoms with Crippen molar-refractivity contribution >= 4 is 75.0 Å². The van der Waals surface area contributed by atoms with E-state index in [0.29, 0.717) is 0 Å². The third-order valence-electron chi connectivity index (χ3n) is 8.13. The number of fused-ring (bicyclic) bond motifs is 9. The molecule has 0 aliphatic rings. The Morgan fingerprint density at radius 3 is 2.15 bits per heavy atom. The normalized spacial score (nSPS) is 12.0. The molecule has 0 atom stereocenters. The fraction of sp³-hybridized carbons (Fsp3) is 0. The summed E-state index contributed by atoms with van der Waals surface area (Å²) in [4.78, 5) is 5.28. The van der Waals surface area contributed by atoms with Gasteiger partial charge >= 0.3 is 0 Å². The molecule has 0 saturated heterocycles. The molecule has 3 heteroatoms. The van der Waals surface area contributed by atoms with Gasteiger partial charge in [-0.25, -0.2) is 4.98 Å². The summed E-state index contributed by atoms with van der Waals surface area (Å²) in [6, 6.07) is 48.2. The number of aromatic nitrogens is 2. The molecule has 3 aromatic heterocycles. The van der Waals surface area contributed by atoms with Crippen LogP contribution in [0.4, 0.5) is 0 Å². The summed E-state index contributed by atoms with van der Waals surface area (Å²) in [5.74, 6) is 0. The van der Waals surface area contributed by atoms with E-state index in [4.69, 9.17) is 4.98 Å². The molecule has 0 unspecified atom stereocenters. The van der Waals surface area contributed by atoms with E-state index in [0.717, 1.165) is 28.0 Å². The quantitative estimate of drug-likeness (QED) is 0.205. The maximum Gasteiger partial charge on any atom is 0.0971 e. The van der Waals surface area contributed by atoms with E-state index in [-0.39, 0.29) is 0 Å². The van der Waals surface area contributed by atoms with Gasteiger partial charge in [0, 0.05) is 36.8 Å². The second-order valence-corrected chi connectivity index (χ2v) is 11.5. The van der Waals surface area contributed by atoms with E-state index in [2.05, 4.69) is 138 Å². The standard InChI is InChI=1S/C37H22N2S/c1-2-8-23(9-3-1)31-17-18-32-36(38-31)30-16-19-34-35(29-12-6-7-13-33(29)40-34)37(30)39(32)28-15-14-26-20-24-10-4-5-11-25(24)21-27(26)22-28/h1-22H.